The molecule has 4 bridgehead atoms. The molecule has 5 rings (SSSR count). The second-order valence-corrected chi connectivity index (χ2v) is 7.10. The Balaban J connectivity index is 1.59. The van der Waals surface area contributed by atoms with Crippen molar-refractivity contribution in [3.05, 3.63) is 18.0 Å². The number of carboxylic acid groups (broad SMARTS) is 1. The van der Waals surface area contributed by atoms with Crippen LogP contribution in [0.1, 0.15) is 42.6 Å². The quantitative estimate of drug-likeness (QED) is 0.891. The average molecular weight is 275 g/mol. The lowest BCUT2D eigenvalue weighted by Crippen LogP contribution is -2.46. The molecule has 0 aromatic carbocycles. The predicted molar refractivity (Wildman–Crippen MR) is 73.6 cm³/mol. The lowest BCUT2D eigenvalue weighted by molar-refractivity contribution is -0.0432. The van der Waals surface area contributed by atoms with Crippen molar-refractivity contribution in [2.75, 3.05) is 0 Å². The first-order valence-corrected chi connectivity index (χ1v) is 7.73. The number of carbonyl (C=O) groups is 1. The number of aromatic nitrogens is 1. The molecule has 0 saturated heterocycles. The van der Waals surface area contributed by atoms with Gasteiger partial charge in [0.2, 0.25) is 0 Å². The molecule has 4 aliphatic carbocycles. The van der Waals surface area contributed by atoms with Gasteiger partial charge in [0.25, 0.3) is 0 Å². The third-order valence-electron chi connectivity index (χ3n) is 5.97. The second kappa shape index (κ2) is 4.27. The van der Waals surface area contributed by atoms with E-state index in [0.717, 1.165) is 30.2 Å². The highest BCUT2D eigenvalue weighted by atomic mass is 16.4. The van der Waals surface area contributed by atoms with Crippen LogP contribution in [0.2, 0.25) is 0 Å². The van der Waals surface area contributed by atoms with Gasteiger partial charge in [0.05, 0.1) is 0 Å². The summed E-state index contributed by atoms with van der Waals surface area (Å²) in [5.41, 5.74) is 0.0545. The van der Waals surface area contributed by atoms with Crippen LogP contribution < -0.4 is 0 Å². The molecule has 0 radical (unpaired) electrons. The number of carboxylic acids is 1. The minimum absolute atomic E-state index is 0.0545. The van der Waals surface area contributed by atoms with Gasteiger partial charge in [-0.2, -0.15) is 0 Å². The summed E-state index contributed by atoms with van der Waals surface area (Å²) >= 11 is 0. The molecule has 0 atom stereocenters. The van der Waals surface area contributed by atoms with Gasteiger partial charge in [0, 0.05) is 12.7 Å². The zero-order valence-electron chi connectivity index (χ0n) is 11.5. The van der Waals surface area contributed by atoms with E-state index < -0.39 is 5.97 Å². The van der Waals surface area contributed by atoms with E-state index in [4.69, 9.17) is 0 Å². The molecule has 4 aliphatic rings. The Kier molecular flexibility index (Phi) is 2.63. The van der Waals surface area contributed by atoms with Crippen molar-refractivity contribution in [2.24, 2.45) is 29.6 Å². The highest BCUT2D eigenvalue weighted by molar-refractivity contribution is 5.89. The van der Waals surface area contributed by atoms with Gasteiger partial charge in [-0.3, -0.25) is 0 Å². The van der Waals surface area contributed by atoms with E-state index in [0.29, 0.717) is 5.92 Å². The van der Waals surface area contributed by atoms with Gasteiger partial charge in [-0.1, -0.05) is 0 Å². The Morgan fingerprint density at radius 2 is 1.75 bits per heavy atom. The van der Waals surface area contributed by atoms with Gasteiger partial charge < -0.3 is 14.8 Å². The van der Waals surface area contributed by atoms with Crippen LogP contribution in [0.15, 0.2) is 12.3 Å². The maximum atomic E-state index is 11.3. The molecule has 20 heavy (non-hydrogen) atoms. The molecule has 108 valence electrons. The lowest BCUT2D eigenvalue weighted by atomic mass is 9.52. The van der Waals surface area contributed by atoms with Crippen molar-refractivity contribution in [1.29, 1.82) is 0 Å². The Labute approximate surface area is 118 Å². The van der Waals surface area contributed by atoms with Gasteiger partial charge in [-0.15, -0.1) is 0 Å². The molecular weight excluding hydrogens is 254 g/mol. The van der Waals surface area contributed by atoms with Crippen LogP contribution in [-0.4, -0.2) is 20.7 Å². The highest BCUT2D eigenvalue weighted by Crippen LogP contribution is 2.56. The molecule has 1 aromatic heterocycles. The average Bonchev–Trinajstić information content (AvgIpc) is 2.74. The summed E-state index contributed by atoms with van der Waals surface area (Å²) in [4.78, 5) is 11.3. The summed E-state index contributed by atoms with van der Waals surface area (Å²) in [6.45, 7) is 0.761. The first-order chi connectivity index (χ1) is 9.61. The standard InChI is InChI=1S/C16H21NO3/c18-14-1-2-17(15(14)16(19)20)8-13-11-4-9-3-10(6-11)7-12(13)5-9/h1-2,9-13,18H,3-8H2,(H,19,20). The summed E-state index contributed by atoms with van der Waals surface area (Å²) in [7, 11) is 0. The van der Waals surface area contributed by atoms with E-state index in [1.807, 2.05) is 0 Å². The summed E-state index contributed by atoms with van der Waals surface area (Å²) in [5.74, 6) is 2.89. The number of nitrogens with zero attached hydrogens (tertiary/aromatic N) is 1. The molecule has 1 heterocycles. The van der Waals surface area contributed by atoms with Crippen molar-refractivity contribution in [3.63, 3.8) is 0 Å². The molecule has 0 unspecified atom stereocenters. The summed E-state index contributed by atoms with van der Waals surface area (Å²) < 4.78 is 1.75. The van der Waals surface area contributed by atoms with Gasteiger partial charge in [-0.25, -0.2) is 4.79 Å². The largest absolute Gasteiger partial charge is 0.505 e. The minimum Gasteiger partial charge on any atom is -0.505 e. The van der Waals surface area contributed by atoms with E-state index in [2.05, 4.69) is 0 Å². The number of aromatic hydroxyl groups is 1. The van der Waals surface area contributed by atoms with E-state index in [1.54, 1.807) is 10.8 Å². The van der Waals surface area contributed by atoms with E-state index in [-0.39, 0.29) is 11.4 Å². The molecule has 4 fully saturated rings. The van der Waals surface area contributed by atoms with E-state index in [9.17, 15) is 15.0 Å². The monoisotopic (exact) mass is 275 g/mol. The molecule has 1 aromatic rings. The number of hydrogen-bond donors (Lipinski definition) is 2. The fraction of sp³-hybridized carbons (Fsp3) is 0.688. The van der Waals surface area contributed by atoms with Crippen molar-refractivity contribution < 1.29 is 15.0 Å². The Hall–Kier alpha value is -1.45. The zero-order valence-corrected chi connectivity index (χ0v) is 11.5. The topological polar surface area (TPSA) is 62.5 Å². The highest BCUT2D eigenvalue weighted by Gasteiger charge is 2.48. The van der Waals surface area contributed by atoms with Crippen molar-refractivity contribution in [3.8, 4) is 5.75 Å². The molecule has 2 N–H and O–H groups in total. The van der Waals surface area contributed by atoms with Crippen molar-refractivity contribution >= 4 is 5.97 Å². The fourth-order valence-corrected chi connectivity index (χ4v) is 5.41. The zero-order chi connectivity index (χ0) is 13.9. The van der Waals surface area contributed by atoms with Crippen molar-refractivity contribution in [1.82, 2.24) is 4.57 Å². The normalized spacial score (nSPS) is 38.3. The molecule has 4 heteroatoms. The maximum Gasteiger partial charge on any atom is 0.356 e. The lowest BCUT2D eigenvalue weighted by Gasteiger charge is -2.54. The Morgan fingerprint density at radius 1 is 1.15 bits per heavy atom. The SMILES string of the molecule is O=C(O)c1c(O)ccn1CC1C2CC3CC(C2)CC1C3. The van der Waals surface area contributed by atoms with E-state index >= 15 is 0 Å². The van der Waals surface area contributed by atoms with Crippen LogP contribution in [0.3, 0.4) is 0 Å². The van der Waals surface area contributed by atoms with Gasteiger partial charge in [0.1, 0.15) is 5.75 Å². The second-order valence-electron chi connectivity index (χ2n) is 7.10. The molecule has 0 amide bonds. The Bertz CT molecular complexity index is 520. The Morgan fingerprint density at radius 3 is 2.30 bits per heavy atom. The van der Waals surface area contributed by atoms with Crippen LogP contribution >= 0.6 is 0 Å². The van der Waals surface area contributed by atoms with Crippen LogP contribution in [0, 0.1) is 29.6 Å². The summed E-state index contributed by atoms with van der Waals surface area (Å²) in [6.07, 6.45) is 8.52. The summed E-state index contributed by atoms with van der Waals surface area (Å²) in [5, 5.41) is 18.9. The molecular formula is C16H21NO3. The number of rotatable bonds is 3. The molecule has 4 saturated carbocycles. The van der Waals surface area contributed by atoms with Crippen LogP contribution in [0.25, 0.3) is 0 Å². The van der Waals surface area contributed by atoms with Gasteiger partial charge in [0.15, 0.2) is 5.69 Å². The molecule has 0 aliphatic heterocycles. The smallest absolute Gasteiger partial charge is 0.356 e. The molecule has 0 spiro atoms. The van der Waals surface area contributed by atoms with Crippen LogP contribution in [0.4, 0.5) is 0 Å². The third kappa shape index (κ3) is 1.77. The summed E-state index contributed by atoms with van der Waals surface area (Å²) in [6, 6.07) is 1.50. The van der Waals surface area contributed by atoms with Gasteiger partial charge >= 0.3 is 5.97 Å². The van der Waals surface area contributed by atoms with E-state index in [1.165, 1.54) is 38.2 Å². The fourth-order valence-electron chi connectivity index (χ4n) is 5.41. The first kappa shape index (κ1) is 12.3. The van der Waals surface area contributed by atoms with Gasteiger partial charge in [-0.05, 0) is 67.8 Å². The van der Waals surface area contributed by atoms with Crippen LogP contribution in [-0.2, 0) is 6.54 Å². The number of hydrogen-bond acceptors (Lipinski definition) is 2. The third-order valence-corrected chi connectivity index (χ3v) is 5.97. The maximum absolute atomic E-state index is 11.3. The minimum atomic E-state index is -1.03. The molecule has 4 nitrogen and oxygen atoms in total. The van der Waals surface area contributed by atoms with Crippen molar-refractivity contribution in [2.45, 2.75) is 38.6 Å². The van der Waals surface area contributed by atoms with Crippen LogP contribution in [0.5, 0.6) is 5.75 Å². The first-order valence-electron chi connectivity index (χ1n) is 7.73. The number of aromatic carboxylic acids is 1. The predicted octanol–water partition coefficient (Wildman–Crippen LogP) is 2.96.